The molecular weight excluding hydrogens is 640 g/mol. The molecule has 49 heavy (non-hydrogen) atoms. The van der Waals surface area contributed by atoms with Gasteiger partial charge < -0.3 is 23.7 Å². The number of carbonyl (C=O) groups is 3. The Labute approximate surface area is 299 Å². The molecule has 0 N–H and O–H groups in total. The minimum Gasteiger partial charge on any atom is -0.462 e. The highest BCUT2D eigenvalue weighted by Gasteiger charge is 2.38. The molecule has 0 aromatic heterocycles. The van der Waals surface area contributed by atoms with Crippen molar-refractivity contribution in [1.82, 2.24) is 0 Å². The Morgan fingerprint density at radius 2 is 1.71 bits per heavy atom. The normalized spacial score (nSPS) is 21.7. The van der Waals surface area contributed by atoms with Crippen LogP contribution in [-0.4, -0.2) is 68.6 Å². The first-order valence-electron chi connectivity index (χ1n) is 18.8. The number of methoxy groups -OCH3 is 1. The van der Waals surface area contributed by atoms with Crippen molar-refractivity contribution in [3.63, 3.8) is 0 Å². The minimum atomic E-state index is -0.265. The third kappa shape index (κ3) is 17.0. The number of Topliss-reactive ketones (excluding diaryl/α,β-unsaturated/α-hetero) is 1. The maximum absolute atomic E-state index is 13.0. The van der Waals surface area contributed by atoms with Gasteiger partial charge in [-0.05, 0) is 73.0 Å². The number of ether oxygens (including phenoxy) is 5. The van der Waals surface area contributed by atoms with Crippen LogP contribution in [0.1, 0.15) is 115 Å². The summed E-state index contributed by atoms with van der Waals surface area (Å²) in [5.41, 5.74) is 2.33. The third-order valence-corrected chi connectivity index (χ3v) is 10.5. The van der Waals surface area contributed by atoms with Gasteiger partial charge in [-0.25, -0.2) is 0 Å². The number of ketones is 1. The summed E-state index contributed by atoms with van der Waals surface area (Å²) in [7, 11) is 1.71. The number of rotatable bonds is 25. The summed E-state index contributed by atoms with van der Waals surface area (Å²) in [5, 5.41) is 0. The van der Waals surface area contributed by atoms with Crippen LogP contribution in [-0.2, 0) is 51.1 Å². The van der Waals surface area contributed by atoms with Crippen LogP contribution in [0.2, 0.25) is 0 Å². The number of unbranched alkanes of at least 4 members (excludes halogenated alkanes) is 5. The lowest BCUT2D eigenvalue weighted by Gasteiger charge is -2.27. The standard InChI is InChI=1S/C40H62O8S/c1-4-5-6-7-8-9-16-38(42)45-23-24-46-39(43)17-13-25-49-26-21-36-35(31(2)27-37(36)41)20-19-34(48-40-18-10-11-22-47-40)29-32-14-12-15-33(28-32)30-44-3/h12,14-15,19-20,28,31,34-36,40H,4-11,13,16-18,21-27,29-30H2,1-3H3/b20-19+/t31-,34-,35+,36-,40?/m1/s1. The molecule has 0 bridgehead atoms. The van der Waals surface area contributed by atoms with Gasteiger partial charge in [0.05, 0.1) is 12.7 Å². The van der Waals surface area contributed by atoms with Crippen LogP contribution in [0.4, 0.5) is 0 Å². The zero-order chi connectivity index (χ0) is 35.1. The first-order valence-corrected chi connectivity index (χ1v) is 20.0. The molecule has 276 valence electrons. The van der Waals surface area contributed by atoms with Gasteiger partial charge in [0.15, 0.2) is 6.29 Å². The molecule has 1 saturated carbocycles. The fraction of sp³-hybridized carbons (Fsp3) is 0.725. The summed E-state index contributed by atoms with van der Waals surface area (Å²) < 4.78 is 28.1. The zero-order valence-corrected chi connectivity index (χ0v) is 31.2. The van der Waals surface area contributed by atoms with Gasteiger partial charge in [0, 0.05) is 45.3 Å². The van der Waals surface area contributed by atoms with Gasteiger partial charge in [-0.1, -0.05) is 82.4 Å². The quantitative estimate of drug-likeness (QED) is 0.0565. The topological polar surface area (TPSA) is 97.4 Å². The fourth-order valence-electron chi connectivity index (χ4n) is 6.70. The van der Waals surface area contributed by atoms with Crippen molar-refractivity contribution in [2.45, 2.75) is 129 Å². The maximum atomic E-state index is 13.0. The van der Waals surface area contributed by atoms with E-state index in [-0.39, 0.29) is 49.4 Å². The lowest BCUT2D eigenvalue weighted by molar-refractivity contribution is -0.178. The number of benzene rings is 1. The number of hydrogen-bond acceptors (Lipinski definition) is 9. The van der Waals surface area contributed by atoms with Crippen molar-refractivity contribution >= 4 is 29.5 Å². The lowest BCUT2D eigenvalue weighted by Crippen LogP contribution is -2.28. The molecule has 9 heteroatoms. The van der Waals surface area contributed by atoms with Crippen molar-refractivity contribution in [2.24, 2.45) is 17.8 Å². The first kappa shape index (κ1) is 41.2. The molecule has 8 nitrogen and oxygen atoms in total. The van der Waals surface area contributed by atoms with Gasteiger partial charge in [-0.15, -0.1) is 0 Å². The number of carbonyl (C=O) groups excluding carboxylic acids is 3. The summed E-state index contributed by atoms with van der Waals surface area (Å²) >= 11 is 1.78. The molecule has 3 rings (SSSR count). The summed E-state index contributed by atoms with van der Waals surface area (Å²) in [6, 6.07) is 8.43. The second-order valence-corrected chi connectivity index (χ2v) is 14.8. The van der Waals surface area contributed by atoms with E-state index in [1.54, 1.807) is 18.9 Å². The lowest BCUT2D eigenvalue weighted by atomic mass is 9.87. The van der Waals surface area contributed by atoms with Crippen molar-refractivity contribution in [2.75, 3.05) is 38.4 Å². The van der Waals surface area contributed by atoms with Crippen molar-refractivity contribution < 1.29 is 38.1 Å². The number of hydrogen-bond donors (Lipinski definition) is 0. The first-order chi connectivity index (χ1) is 23.9. The Kier molecular flexibility index (Phi) is 20.9. The molecule has 5 atom stereocenters. The molecule has 1 unspecified atom stereocenters. The number of esters is 2. The predicted octanol–water partition coefficient (Wildman–Crippen LogP) is 8.43. The van der Waals surface area contributed by atoms with Crippen LogP contribution in [0.3, 0.4) is 0 Å². The van der Waals surface area contributed by atoms with E-state index >= 15 is 0 Å². The molecule has 1 aliphatic carbocycles. The van der Waals surface area contributed by atoms with E-state index in [1.807, 2.05) is 0 Å². The van der Waals surface area contributed by atoms with Crippen LogP contribution in [0, 0.1) is 17.8 Å². The molecular formula is C40H62O8S. The Morgan fingerprint density at radius 3 is 2.45 bits per heavy atom. The highest BCUT2D eigenvalue weighted by Crippen LogP contribution is 2.38. The Bertz CT molecular complexity index is 1120. The Balaban J connectivity index is 1.36. The van der Waals surface area contributed by atoms with Crippen molar-refractivity contribution in [3.8, 4) is 0 Å². The second kappa shape index (κ2) is 24.9. The molecule has 0 spiro atoms. The van der Waals surface area contributed by atoms with Gasteiger partial charge in [-0.2, -0.15) is 11.8 Å². The fourth-order valence-corrected chi connectivity index (χ4v) is 7.67. The smallest absolute Gasteiger partial charge is 0.305 e. The van der Waals surface area contributed by atoms with Gasteiger partial charge in [-0.3, -0.25) is 14.4 Å². The predicted molar refractivity (Wildman–Crippen MR) is 195 cm³/mol. The summed E-state index contributed by atoms with van der Waals surface area (Å²) in [5.74, 6) is 2.04. The van der Waals surface area contributed by atoms with E-state index in [2.05, 4.69) is 50.3 Å². The zero-order valence-electron chi connectivity index (χ0n) is 30.4. The average Bonchev–Trinajstić information content (AvgIpc) is 3.36. The minimum absolute atomic E-state index is 0.00379. The maximum Gasteiger partial charge on any atom is 0.305 e. The number of thioether (sulfide) groups is 1. The molecule has 1 aliphatic heterocycles. The molecule has 0 radical (unpaired) electrons. The average molecular weight is 703 g/mol. The molecule has 2 fully saturated rings. The molecule has 1 aromatic rings. The number of allylic oxidation sites excluding steroid dienone is 1. The van der Waals surface area contributed by atoms with E-state index in [1.165, 1.54) is 24.8 Å². The third-order valence-electron chi connectivity index (χ3n) is 9.40. The van der Waals surface area contributed by atoms with Crippen LogP contribution in [0.25, 0.3) is 0 Å². The van der Waals surface area contributed by atoms with E-state index in [4.69, 9.17) is 23.7 Å². The van der Waals surface area contributed by atoms with Crippen LogP contribution < -0.4 is 0 Å². The largest absolute Gasteiger partial charge is 0.462 e. The molecule has 0 amide bonds. The highest BCUT2D eigenvalue weighted by atomic mass is 32.2. The van der Waals surface area contributed by atoms with Crippen molar-refractivity contribution in [1.29, 1.82) is 0 Å². The van der Waals surface area contributed by atoms with Gasteiger partial charge in [0.1, 0.15) is 19.0 Å². The summed E-state index contributed by atoms with van der Waals surface area (Å²) in [6.45, 7) is 5.88. The summed E-state index contributed by atoms with van der Waals surface area (Å²) in [6.07, 6.45) is 17.5. The van der Waals surface area contributed by atoms with Crippen molar-refractivity contribution in [3.05, 3.63) is 47.5 Å². The van der Waals surface area contributed by atoms with Gasteiger partial charge in [0.25, 0.3) is 0 Å². The van der Waals surface area contributed by atoms with Crippen LogP contribution in [0.15, 0.2) is 36.4 Å². The SMILES string of the molecule is CCCCCCCCC(=O)OCCOC(=O)CCCSCC[C@H]1C(=O)C[C@@H](C)[C@@H]1/C=C/[C@H](Cc1cccc(COC)c1)OC1CCCCO1. The van der Waals surface area contributed by atoms with E-state index in [0.29, 0.717) is 44.0 Å². The van der Waals surface area contributed by atoms with Crippen LogP contribution in [0.5, 0.6) is 0 Å². The van der Waals surface area contributed by atoms with Crippen LogP contribution >= 0.6 is 11.8 Å². The van der Waals surface area contributed by atoms with E-state index in [9.17, 15) is 14.4 Å². The van der Waals surface area contributed by atoms with E-state index < -0.39 is 0 Å². The summed E-state index contributed by atoms with van der Waals surface area (Å²) in [4.78, 5) is 37.0. The highest BCUT2D eigenvalue weighted by molar-refractivity contribution is 7.99. The van der Waals surface area contributed by atoms with Gasteiger partial charge >= 0.3 is 11.9 Å². The van der Waals surface area contributed by atoms with E-state index in [0.717, 1.165) is 75.0 Å². The molecule has 1 heterocycles. The molecule has 1 saturated heterocycles. The van der Waals surface area contributed by atoms with Gasteiger partial charge in [0.2, 0.25) is 0 Å². The second-order valence-electron chi connectivity index (χ2n) is 13.6. The molecule has 1 aromatic carbocycles. The molecule has 2 aliphatic rings. The Hall–Kier alpha value is -2.20. The Morgan fingerprint density at radius 1 is 0.980 bits per heavy atom. The monoisotopic (exact) mass is 702 g/mol.